The number of hydrogen-bond acceptors (Lipinski definition) is 4. The van der Waals surface area contributed by atoms with E-state index in [0.29, 0.717) is 5.69 Å². The van der Waals surface area contributed by atoms with Gasteiger partial charge in [-0.15, -0.1) is 0 Å². The molecule has 29 heavy (non-hydrogen) atoms. The number of halogens is 3. The molecule has 0 bridgehead atoms. The van der Waals surface area contributed by atoms with Gasteiger partial charge < -0.3 is 15.0 Å². The van der Waals surface area contributed by atoms with E-state index in [-0.39, 0.29) is 5.56 Å². The average Bonchev–Trinajstić information content (AvgIpc) is 2.71. The van der Waals surface area contributed by atoms with Crippen molar-refractivity contribution in [1.82, 2.24) is 5.32 Å². The number of benzene rings is 2. The van der Waals surface area contributed by atoms with Crippen molar-refractivity contribution in [3.05, 3.63) is 65.7 Å². The van der Waals surface area contributed by atoms with Gasteiger partial charge in [0.05, 0.1) is 5.56 Å². The van der Waals surface area contributed by atoms with E-state index >= 15 is 0 Å². The van der Waals surface area contributed by atoms with E-state index in [0.717, 1.165) is 24.3 Å². The summed E-state index contributed by atoms with van der Waals surface area (Å²) in [6.45, 7) is 0.865. The Balaban J connectivity index is 1.85. The average molecular weight is 408 g/mol. The van der Waals surface area contributed by atoms with E-state index < -0.39 is 42.2 Å². The fourth-order valence-electron chi connectivity index (χ4n) is 2.41. The van der Waals surface area contributed by atoms with Crippen LogP contribution in [0, 0.1) is 0 Å². The van der Waals surface area contributed by atoms with Crippen LogP contribution in [0.2, 0.25) is 0 Å². The van der Waals surface area contributed by atoms with Crippen molar-refractivity contribution >= 4 is 23.5 Å². The Bertz CT molecular complexity index is 868. The molecule has 2 aromatic carbocycles. The minimum absolute atomic E-state index is 0.0428. The Hall–Kier alpha value is -3.36. The Morgan fingerprint density at radius 2 is 1.62 bits per heavy atom. The van der Waals surface area contributed by atoms with E-state index in [1.54, 1.807) is 30.3 Å². The van der Waals surface area contributed by atoms with Gasteiger partial charge in [0.25, 0.3) is 11.8 Å². The van der Waals surface area contributed by atoms with Crippen molar-refractivity contribution < 1.29 is 32.3 Å². The van der Waals surface area contributed by atoms with Crippen LogP contribution in [0.1, 0.15) is 22.8 Å². The van der Waals surface area contributed by atoms with Crippen LogP contribution in [0.4, 0.5) is 18.9 Å². The fourth-order valence-corrected chi connectivity index (χ4v) is 2.41. The summed E-state index contributed by atoms with van der Waals surface area (Å²) in [6.07, 6.45) is -5.59. The summed E-state index contributed by atoms with van der Waals surface area (Å²) in [7, 11) is 1.54. The Kier molecular flexibility index (Phi) is 6.98. The molecule has 1 N–H and O–H groups in total. The van der Waals surface area contributed by atoms with Gasteiger partial charge in [-0.1, -0.05) is 18.2 Å². The number of hydrogen-bond donors (Lipinski definition) is 1. The lowest BCUT2D eigenvalue weighted by Crippen LogP contribution is -2.39. The van der Waals surface area contributed by atoms with Crippen molar-refractivity contribution in [3.8, 4) is 0 Å². The maximum atomic E-state index is 12.5. The monoisotopic (exact) mass is 408 g/mol. The highest BCUT2D eigenvalue weighted by Gasteiger charge is 2.30. The zero-order valence-corrected chi connectivity index (χ0v) is 15.7. The molecular formula is C20H19F3N2O4. The molecule has 2 amide bonds. The van der Waals surface area contributed by atoms with Gasteiger partial charge in [-0.25, -0.2) is 0 Å². The first kappa shape index (κ1) is 21.9. The van der Waals surface area contributed by atoms with Gasteiger partial charge in [0.2, 0.25) is 0 Å². The Morgan fingerprint density at radius 1 is 1.03 bits per heavy atom. The molecule has 9 heteroatoms. The molecule has 0 fully saturated rings. The summed E-state index contributed by atoms with van der Waals surface area (Å²) in [5.74, 6) is -2.05. The molecule has 2 aromatic rings. The summed E-state index contributed by atoms with van der Waals surface area (Å²) in [5, 5.41) is 2.24. The Labute approximate surface area is 165 Å². The third kappa shape index (κ3) is 6.06. The lowest BCUT2D eigenvalue weighted by Gasteiger charge is -2.21. The summed E-state index contributed by atoms with van der Waals surface area (Å²) in [5.41, 5.74) is -0.307. The molecule has 0 saturated heterocycles. The first-order valence-electron chi connectivity index (χ1n) is 8.57. The topological polar surface area (TPSA) is 75.7 Å². The lowest BCUT2D eigenvalue weighted by atomic mass is 10.1. The second-order valence-corrected chi connectivity index (χ2v) is 6.12. The van der Waals surface area contributed by atoms with Gasteiger partial charge in [0, 0.05) is 18.3 Å². The normalized spacial score (nSPS) is 12.0. The Morgan fingerprint density at radius 3 is 2.17 bits per heavy atom. The third-order valence-corrected chi connectivity index (χ3v) is 4.00. The molecule has 0 heterocycles. The first-order valence-corrected chi connectivity index (χ1v) is 8.57. The van der Waals surface area contributed by atoms with Crippen LogP contribution in [0.5, 0.6) is 0 Å². The summed E-state index contributed by atoms with van der Waals surface area (Å²) in [6, 6.07) is 12.3. The van der Waals surface area contributed by atoms with Crippen LogP contribution in [0.25, 0.3) is 0 Å². The minimum Gasteiger partial charge on any atom is -0.451 e. The second kappa shape index (κ2) is 9.22. The molecule has 0 aliphatic carbocycles. The number of esters is 1. The molecule has 0 aliphatic rings. The standard InChI is InChI=1S/C20H19F3N2O4/c1-13(19(28)25(2)16-6-4-3-5-7-16)29-17(26)12-24-18(27)14-8-10-15(11-9-14)20(21,22)23/h3-11,13H,12H2,1-2H3,(H,24,27)/t13-/m1/s1. The van der Waals surface area contributed by atoms with Crippen molar-refractivity contribution in [1.29, 1.82) is 0 Å². The number of alkyl halides is 3. The van der Waals surface area contributed by atoms with E-state index in [9.17, 15) is 27.6 Å². The molecule has 154 valence electrons. The van der Waals surface area contributed by atoms with Crippen molar-refractivity contribution in [2.24, 2.45) is 0 Å². The summed E-state index contributed by atoms with van der Waals surface area (Å²) in [4.78, 5) is 37.5. The maximum Gasteiger partial charge on any atom is 0.416 e. The van der Waals surface area contributed by atoms with Gasteiger partial charge in [-0.3, -0.25) is 14.4 Å². The maximum absolute atomic E-state index is 12.5. The number of carbonyl (C=O) groups is 3. The molecule has 0 aromatic heterocycles. The van der Waals surface area contributed by atoms with Crippen molar-refractivity contribution in [2.45, 2.75) is 19.2 Å². The lowest BCUT2D eigenvalue weighted by molar-refractivity contribution is -0.152. The van der Waals surface area contributed by atoms with Crippen LogP contribution in [0.3, 0.4) is 0 Å². The molecule has 1 atom stereocenters. The highest BCUT2D eigenvalue weighted by molar-refractivity contribution is 5.98. The molecule has 0 radical (unpaired) electrons. The van der Waals surface area contributed by atoms with Crippen LogP contribution >= 0.6 is 0 Å². The van der Waals surface area contributed by atoms with Crippen LogP contribution in [-0.4, -0.2) is 37.5 Å². The summed E-state index contributed by atoms with van der Waals surface area (Å²) >= 11 is 0. The number of para-hydroxylation sites is 1. The highest BCUT2D eigenvalue weighted by atomic mass is 19.4. The number of amides is 2. The smallest absolute Gasteiger partial charge is 0.416 e. The van der Waals surface area contributed by atoms with E-state index in [1.807, 2.05) is 0 Å². The van der Waals surface area contributed by atoms with Crippen LogP contribution in [0.15, 0.2) is 54.6 Å². The molecule has 0 saturated carbocycles. The number of nitrogens with one attached hydrogen (secondary N) is 1. The zero-order valence-electron chi connectivity index (χ0n) is 15.7. The number of nitrogens with zero attached hydrogens (tertiary/aromatic N) is 1. The minimum atomic E-state index is -4.51. The number of carbonyl (C=O) groups excluding carboxylic acids is 3. The van der Waals surface area contributed by atoms with Gasteiger partial charge in [-0.2, -0.15) is 13.2 Å². The summed E-state index contributed by atoms with van der Waals surface area (Å²) < 4.78 is 42.6. The van der Waals surface area contributed by atoms with Gasteiger partial charge in [0.1, 0.15) is 6.54 Å². The second-order valence-electron chi connectivity index (χ2n) is 6.12. The number of likely N-dealkylation sites (N-methyl/N-ethyl adjacent to an activating group) is 1. The number of rotatable bonds is 6. The first-order chi connectivity index (χ1) is 13.6. The SMILES string of the molecule is C[C@@H](OC(=O)CNC(=O)c1ccc(C(F)(F)F)cc1)C(=O)N(C)c1ccccc1. The highest BCUT2D eigenvalue weighted by Crippen LogP contribution is 2.29. The van der Waals surface area contributed by atoms with E-state index in [4.69, 9.17) is 4.74 Å². The molecule has 0 spiro atoms. The van der Waals surface area contributed by atoms with E-state index in [1.165, 1.54) is 18.9 Å². The zero-order chi connectivity index (χ0) is 21.6. The van der Waals surface area contributed by atoms with Crippen molar-refractivity contribution in [2.75, 3.05) is 18.5 Å². The van der Waals surface area contributed by atoms with Gasteiger partial charge in [0.15, 0.2) is 6.10 Å². The largest absolute Gasteiger partial charge is 0.451 e. The third-order valence-electron chi connectivity index (χ3n) is 4.00. The molecule has 2 rings (SSSR count). The van der Waals surface area contributed by atoms with Crippen LogP contribution < -0.4 is 10.2 Å². The van der Waals surface area contributed by atoms with Crippen LogP contribution in [-0.2, 0) is 20.5 Å². The number of anilines is 1. The fraction of sp³-hybridized carbons (Fsp3) is 0.250. The van der Waals surface area contributed by atoms with E-state index in [2.05, 4.69) is 5.32 Å². The molecule has 0 aliphatic heterocycles. The quantitative estimate of drug-likeness (QED) is 0.746. The molecule has 0 unspecified atom stereocenters. The molecule has 6 nitrogen and oxygen atoms in total. The predicted octanol–water partition coefficient (Wildman–Crippen LogP) is 3.03. The number of ether oxygens (including phenoxy) is 1. The van der Waals surface area contributed by atoms with Gasteiger partial charge in [-0.05, 0) is 43.3 Å². The molecular weight excluding hydrogens is 389 g/mol. The van der Waals surface area contributed by atoms with Crippen molar-refractivity contribution in [3.63, 3.8) is 0 Å². The predicted molar refractivity (Wildman–Crippen MR) is 99.2 cm³/mol. The van der Waals surface area contributed by atoms with Gasteiger partial charge >= 0.3 is 12.1 Å².